The summed E-state index contributed by atoms with van der Waals surface area (Å²) in [6.07, 6.45) is 4.29. The Morgan fingerprint density at radius 1 is 1.33 bits per heavy atom. The maximum absolute atomic E-state index is 13.6. The van der Waals surface area contributed by atoms with Gasteiger partial charge in [-0.1, -0.05) is 6.07 Å². The highest BCUT2D eigenvalue weighted by molar-refractivity contribution is 5.41. The average molecular weight is 245 g/mol. The summed E-state index contributed by atoms with van der Waals surface area (Å²) >= 11 is 0. The molecule has 0 aliphatic heterocycles. The molecule has 1 atom stereocenters. The predicted molar refractivity (Wildman–Crippen MR) is 68.4 cm³/mol. The monoisotopic (exact) mass is 245 g/mol. The molecule has 0 radical (unpaired) electrons. The molecule has 1 aliphatic rings. The summed E-state index contributed by atoms with van der Waals surface area (Å²) in [5.74, 6) is -0.189. The SMILES string of the molecule is Cc1ccc(-n2ccc3c2CCCC3O)cc1F. The Balaban J connectivity index is 2.09. The van der Waals surface area contributed by atoms with Crippen LogP contribution in [0, 0.1) is 12.7 Å². The van der Waals surface area contributed by atoms with Gasteiger partial charge in [0.2, 0.25) is 0 Å². The van der Waals surface area contributed by atoms with Gasteiger partial charge in [-0.05, 0) is 49.9 Å². The van der Waals surface area contributed by atoms with Crippen LogP contribution in [0.5, 0.6) is 0 Å². The minimum Gasteiger partial charge on any atom is -0.388 e. The number of fused-ring (bicyclic) bond motifs is 1. The van der Waals surface area contributed by atoms with Gasteiger partial charge in [0.1, 0.15) is 5.82 Å². The van der Waals surface area contributed by atoms with Crippen LogP contribution in [0.15, 0.2) is 30.5 Å². The van der Waals surface area contributed by atoms with E-state index in [0.29, 0.717) is 5.56 Å². The molecule has 1 heterocycles. The molecule has 94 valence electrons. The number of aromatic nitrogens is 1. The lowest BCUT2D eigenvalue weighted by Gasteiger charge is -2.20. The second kappa shape index (κ2) is 4.25. The summed E-state index contributed by atoms with van der Waals surface area (Å²) in [4.78, 5) is 0. The maximum atomic E-state index is 13.6. The molecular weight excluding hydrogens is 229 g/mol. The van der Waals surface area contributed by atoms with E-state index in [9.17, 15) is 9.50 Å². The number of aliphatic hydroxyl groups excluding tert-OH is 1. The second-order valence-electron chi connectivity index (χ2n) is 4.93. The molecule has 1 N–H and O–H groups in total. The van der Waals surface area contributed by atoms with E-state index < -0.39 is 0 Å². The molecular formula is C15H16FNO. The van der Waals surface area contributed by atoms with Crippen molar-refractivity contribution in [2.45, 2.75) is 32.3 Å². The molecule has 2 nitrogen and oxygen atoms in total. The Kier molecular flexibility index (Phi) is 2.71. The third kappa shape index (κ3) is 1.75. The van der Waals surface area contributed by atoms with Crippen LogP contribution in [0.4, 0.5) is 4.39 Å². The second-order valence-corrected chi connectivity index (χ2v) is 4.93. The van der Waals surface area contributed by atoms with Crippen LogP contribution in [0.2, 0.25) is 0 Å². The summed E-state index contributed by atoms with van der Waals surface area (Å²) in [5.41, 5.74) is 3.58. The van der Waals surface area contributed by atoms with Crippen LogP contribution < -0.4 is 0 Å². The van der Waals surface area contributed by atoms with Gasteiger partial charge in [0.05, 0.1) is 6.10 Å². The summed E-state index contributed by atoms with van der Waals surface area (Å²) in [5, 5.41) is 9.93. The van der Waals surface area contributed by atoms with Gasteiger partial charge in [-0.25, -0.2) is 4.39 Å². The Hall–Kier alpha value is -1.61. The van der Waals surface area contributed by atoms with Gasteiger partial charge >= 0.3 is 0 Å². The van der Waals surface area contributed by atoms with Crippen LogP contribution >= 0.6 is 0 Å². The van der Waals surface area contributed by atoms with E-state index >= 15 is 0 Å². The van der Waals surface area contributed by atoms with Crippen LogP contribution in [-0.4, -0.2) is 9.67 Å². The van der Waals surface area contributed by atoms with Crippen molar-refractivity contribution in [1.82, 2.24) is 4.57 Å². The number of halogens is 1. The molecule has 1 aromatic heterocycles. The molecule has 18 heavy (non-hydrogen) atoms. The number of hydrogen-bond donors (Lipinski definition) is 1. The normalized spacial score (nSPS) is 18.7. The zero-order chi connectivity index (χ0) is 12.7. The Bertz CT molecular complexity index is 588. The molecule has 1 aromatic carbocycles. The first-order valence-corrected chi connectivity index (χ1v) is 6.31. The Morgan fingerprint density at radius 3 is 2.94 bits per heavy atom. The van der Waals surface area contributed by atoms with Gasteiger partial charge in [0, 0.05) is 23.1 Å². The molecule has 0 bridgehead atoms. The number of nitrogens with zero attached hydrogens (tertiary/aromatic N) is 1. The lowest BCUT2D eigenvalue weighted by molar-refractivity contribution is 0.156. The molecule has 1 aliphatic carbocycles. The highest BCUT2D eigenvalue weighted by atomic mass is 19.1. The number of rotatable bonds is 1. The molecule has 0 amide bonds. The van der Waals surface area contributed by atoms with Crippen molar-refractivity contribution in [3.8, 4) is 5.69 Å². The third-order valence-electron chi connectivity index (χ3n) is 3.71. The first-order chi connectivity index (χ1) is 8.66. The average Bonchev–Trinajstić information content (AvgIpc) is 2.78. The molecule has 1 unspecified atom stereocenters. The highest BCUT2D eigenvalue weighted by Crippen LogP contribution is 2.32. The molecule has 2 aromatic rings. The van der Waals surface area contributed by atoms with Crippen molar-refractivity contribution < 1.29 is 9.50 Å². The molecule has 3 heteroatoms. The van der Waals surface area contributed by atoms with E-state index in [-0.39, 0.29) is 11.9 Å². The lowest BCUT2D eigenvalue weighted by atomic mass is 9.95. The molecule has 0 fully saturated rings. The van der Waals surface area contributed by atoms with Gasteiger partial charge in [0.15, 0.2) is 0 Å². The van der Waals surface area contributed by atoms with Crippen LogP contribution in [0.1, 0.15) is 35.8 Å². The minimum absolute atomic E-state index is 0.189. The van der Waals surface area contributed by atoms with Crippen molar-refractivity contribution in [3.63, 3.8) is 0 Å². The van der Waals surface area contributed by atoms with Crippen LogP contribution in [0.3, 0.4) is 0 Å². The maximum Gasteiger partial charge on any atom is 0.128 e. The number of aryl methyl sites for hydroxylation is 1. The largest absolute Gasteiger partial charge is 0.388 e. The van der Waals surface area contributed by atoms with Crippen molar-refractivity contribution in [2.24, 2.45) is 0 Å². The first kappa shape index (κ1) is 11.5. The van der Waals surface area contributed by atoms with Crippen molar-refractivity contribution >= 4 is 0 Å². The first-order valence-electron chi connectivity index (χ1n) is 6.31. The minimum atomic E-state index is -0.370. The lowest BCUT2D eigenvalue weighted by Crippen LogP contribution is -2.11. The number of hydrogen-bond acceptors (Lipinski definition) is 1. The quantitative estimate of drug-likeness (QED) is 0.819. The molecule has 0 saturated carbocycles. The van der Waals surface area contributed by atoms with E-state index in [1.807, 2.05) is 22.9 Å². The summed E-state index contributed by atoms with van der Waals surface area (Å²) in [6, 6.07) is 7.20. The standard InChI is InChI=1S/C15H16FNO/c1-10-5-6-11(9-13(10)16)17-8-7-12-14(17)3-2-4-15(12)18/h5-9,15,18H,2-4H2,1H3. The van der Waals surface area contributed by atoms with E-state index in [1.165, 1.54) is 0 Å². The van der Waals surface area contributed by atoms with Crippen LogP contribution in [0.25, 0.3) is 5.69 Å². The predicted octanol–water partition coefficient (Wildman–Crippen LogP) is 3.29. The summed E-state index contributed by atoms with van der Waals surface area (Å²) in [6.45, 7) is 1.76. The van der Waals surface area contributed by atoms with E-state index in [2.05, 4.69) is 0 Å². The van der Waals surface area contributed by atoms with E-state index in [0.717, 1.165) is 36.2 Å². The Morgan fingerprint density at radius 2 is 2.17 bits per heavy atom. The zero-order valence-electron chi connectivity index (χ0n) is 10.4. The van der Waals surface area contributed by atoms with Gasteiger partial charge in [-0.3, -0.25) is 0 Å². The van der Waals surface area contributed by atoms with E-state index in [1.54, 1.807) is 19.1 Å². The molecule has 3 rings (SSSR count). The smallest absolute Gasteiger partial charge is 0.128 e. The summed E-state index contributed by atoms with van der Waals surface area (Å²) < 4.78 is 15.6. The number of aliphatic hydroxyl groups is 1. The zero-order valence-corrected chi connectivity index (χ0v) is 10.4. The van der Waals surface area contributed by atoms with Gasteiger partial charge < -0.3 is 9.67 Å². The highest BCUT2D eigenvalue weighted by Gasteiger charge is 2.21. The fourth-order valence-electron chi connectivity index (χ4n) is 2.64. The van der Waals surface area contributed by atoms with Crippen LogP contribution in [-0.2, 0) is 6.42 Å². The fraction of sp³-hybridized carbons (Fsp3) is 0.333. The van der Waals surface area contributed by atoms with E-state index in [4.69, 9.17) is 0 Å². The van der Waals surface area contributed by atoms with Crippen molar-refractivity contribution in [2.75, 3.05) is 0 Å². The number of benzene rings is 1. The Labute approximate surface area is 106 Å². The summed E-state index contributed by atoms with van der Waals surface area (Å²) in [7, 11) is 0. The van der Waals surface area contributed by atoms with Gasteiger partial charge in [-0.2, -0.15) is 0 Å². The molecule has 0 saturated heterocycles. The molecule has 0 spiro atoms. The topological polar surface area (TPSA) is 25.2 Å². The third-order valence-corrected chi connectivity index (χ3v) is 3.71. The van der Waals surface area contributed by atoms with Crippen molar-refractivity contribution in [1.29, 1.82) is 0 Å². The van der Waals surface area contributed by atoms with Gasteiger partial charge in [-0.15, -0.1) is 0 Å². The fourth-order valence-corrected chi connectivity index (χ4v) is 2.64. The van der Waals surface area contributed by atoms with Crippen molar-refractivity contribution in [3.05, 3.63) is 53.1 Å². The van der Waals surface area contributed by atoms with Gasteiger partial charge in [0.25, 0.3) is 0 Å².